The number of aliphatic hydroxyl groups is 1. The summed E-state index contributed by atoms with van der Waals surface area (Å²) < 4.78 is 15.5. The van der Waals surface area contributed by atoms with Gasteiger partial charge in [-0.3, -0.25) is 14.3 Å². The number of nitrogens with zero attached hydrogens (tertiary/aromatic N) is 6. The van der Waals surface area contributed by atoms with Crippen LogP contribution in [-0.4, -0.2) is 65.5 Å². The molecule has 11 nitrogen and oxygen atoms in total. The third-order valence-electron chi connectivity index (χ3n) is 12.1. The van der Waals surface area contributed by atoms with Crippen LogP contribution in [0.3, 0.4) is 0 Å². The van der Waals surface area contributed by atoms with E-state index in [0.29, 0.717) is 44.5 Å². The van der Waals surface area contributed by atoms with Gasteiger partial charge in [0.25, 0.3) is 5.91 Å². The van der Waals surface area contributed by atoms with Crippen molar-refractivity contribution in [2.75, 3.05) is 23.6 Å². The lowest BCUT2D eigenvalue weighted by Crippen LogP contribution is -2.51. The number of hydrogen-bond donors (Lipinski definition) is 1. The number of hydrazone groups is 1. The van der Waals surface area contributed by atoms with Gasteiger partial charge in [-0.15, -0.1) is 5.10 Å². The van der Waals surface area contributed by atoms with Crippen molar-refractivity contribution in [1.29, 1.82) is 0 Å². The molecule has 5 aromatic rings. The standard InChI is InChI=1S/C44H47BrN6O5Si/c1-29-42(57(3,4)36-17-15-35(55-2)16-18-36)40(22-24-49-28-33(23-25-52)46-48-49)56-44(29)37-26-32(45)12-20-39(37)50(43(44)54)27-30-10-13-34(14-11-30)51-41(53)21-19-38(47-51)31-8-6-5-7-9-31/h5-18,20,26,28-29,40,42,52H,19,21-25,27H2,1-4H3/t29-,40+,42-,44+/m1/s1. The monoisotopic (exact) mass is 846 g/mol. The van der Waals surface area contributed by atoms with E-state index in [4.69, 9.17) is 14.6 Å². The Labute approximate surface area is 342 Å². The van der Waals surface area contributed by atoms with Crippen molar-refractivity contribution in [3.63, 3.8) is 0 Å². The van der Waals surface area contributed by atoms with Crippen LogP contribution in [0.1, 0.15) is 48.6 Å². The Morgan fingerprint density at radius 3 is 2.46 bits per heavy atom. The lowest BCUT2D eigenvalue weighted by Gasteiger charge is -2.37. The summed E-state index contributed by atoms with van der Waals surface area (Å²) >= 11 is 3.72. The Hall–Kier alpha value is -4.95. The second kappa shape index (κ2) is 15.8. The number of ether oxygens (including phenoxy) is 2. The Morgan fingerprint density at radius 2 is 1.74 bits per heavy atom. The molecule has 3 aliphatic rings. The average molecular weight is 848 g/mol. The Morgan fingerprint density at radius 1 is 0.982 bits per heavy atom. The zero-order valence-electron chi connectivity index (χ0n) is 32.6. The number of methoxy groups -OCH3 is 1. The smallest absolute Gasteiger partial charge is 0.264 e. The van der Waals surface area contributed by atoms with Crippen LogP contribution >= 0.6 is 15.9 Å². The fourth-order valence-electron chi connectivity index (χ4n) is 9.17. The molecule has 3 aliphatic heterocycles. The molecule has 0 unspecified atom stereocenters. The Kier molecular flexibility index (Phi) is 10.8. The van der Waals surface area contributed by atoms with Gasteiger partial charge in [0, 0.05) is 54.6 Å². The first kappa shape index (κ1) is 38.9. The topological polar surface area (TPSA) is 122 Å². The zero-order chi connectivity index (χ0) is 39.9. The number of amides is 2. The molecule has 13 heteroatoms. The number of rotatable bonds is 12. The number of carbonyl (C=O) groups is 2. The number of aromatic nitrogens is 3. The van der Waals surface area contributed by atoms with Gasteiger partial charge in [-0.25, -0.2) is 5.01 Å². The lowest BCUT2D eigenvalue weighted by molar-refractivity contribution is -0.146. The molecule has 4 atom stereocenters. The average Bonchev–Trinajstić information content (AvgIpc) is 3.87. The minimum absolute atomic E-state index is 0.00811. The number of fused-ring (bicyclic) bond motifs is 2. The summed E-state index contributed by atoms with van der Waals surface area (Å²) in [4.78, 5) is 30.2. The van der Waals surface area contributed by atoms with Crippen molar-refractivity contribution in [3.8, 4) is 5.75 Å². The van der Waals surface area contributed by atoms with Gasteiger partial charge in [0.05, 0.1) is 50.6 Å². The SMILES string of the molecule is COc1ccc([Si](C)(C)[C@H]2[C@H](CCn3cc(CCO)nn3)O[C@@]3(C(=O)N(Cc4ccc(N5N=C(c6ccccc6)CCC5=O)cc4)c4ccc(Br)cc43)[C@@H]2C)cc1. The van der Waals surface area contributed by atoms with Gasteiger partial charge in [0.2, 0.25) is 5.91 Å². The molecule has 294 valence electrons. The van der Waals surface area contributed by atoms with Gasteiger partial charge in [-0.2, -0.15) is 5.10 Å². The summed E-state index contributed by atoms with van der Waals surface area (Å²) in [5.41, 5.74) is 4.77. The first-order valence-corrected chi connectivity index (χ1v) is 23.4. The third-order valence-corrected chi connectivity index (χ3v) is 16.9. The fraction of sp³-hybridized carbons (Fsp3) is 0.341. The molecule has 0 bridgehead atoms. The van der Waals surface area contributed by atoms with E-state index >= 15 is 4.79 Å². The minimum atomic E-state index is -2.35. The highest BCUT2D eigenvalue weighted by Gasteiger charge is 2.66. The minimum Gasteiger partial charge on any atom is -0.497 e. The van der Waals surface area contributed by atoms with Gasteiger partial charge in [-0.05, 0) is 65.6 Å². The van der Waals surface area contributed by atoms with E-state index in [9.17, 15) is 9.90 Å². The summed E-state index contributed by atoms with van der Waals surface area (Å²) in [5.74, 6) is 0.513. The first-order chi connectivity index (χ1) is 27.5. The zero-order valence-corrected chi connectivity index (χ0v) is 35.2. The van der Waals surface area contributed by atoms with E-state index in [1.807, 2.05) is 94.6 Å². The predicted octanol–water partition coefficient (Wildman–Crippen LogP) is 6.97. The Balaban J connectivity index is 1.11. The molecule has 1 fully saturated rings. The van der Waals surface area contributed by atoms with E-state index < -0.39 is 13.7 Å². The highest BCUT2D eigenvalue weighted by atomic mass is 79.9. The van der Waals surface area contributed by atoms with Crippen LogP contribution in [0, 0.1) is 5.92 Å². The van der Waals surface area contributed by atoms with Crippen molar-refractivity contribution in [1.82, 2.24) is 15.0 Å². The maximum atomic E-state index is 15.3. The van der Waals surface area contributed by atoms with Crippen molar-refractivity contribution in [3.05, 3.63) is 130 Å². The molecule has 4 aromatic carbocycles. The van der Waals surface area contributed by atoms with Gasteiger partial charge in [0.1, 0.15) is 5.75 Å². The molecule has 57 heavy (non-hydrogen) atoms. The summed E-state index contributed by atoms with van der Waals surface area (Å²) in [6.45, 7) is 7.84. The van der Waals surface area contributed by atoms with E-state index in [1.54, 1.807) is 7.11 Å². The molecule has 0 saturated carbocycles. The van der Waals surface area contributed by atoms with Gasteiger partial charge in [-0.1, -0.05) is 101 Å². The van der Waals surface area contributed by atoms with Crippen molar-refractivity contribution in [2.45, 2.75) is 76.0 Å². The number of halogens is 1. The number of anilines is 2. The molecule has 2 amide bonds. The Bertz CT molecular complexity index is 2300. The van der Waals surface area contributed by atoms with Crippen LogP contribution in [0.2, 0.25) is 18.6 Å². The molecular formula is C44H47BrN6O5Si. The normalized spacial score (nSPS) is 22.0. The lowest BCUT2D eigenvalue weighted by atomic mass is 9.82. The number of aliphatic hydroxyl groups excluding tert-OH is 1. The van der Waals surface area contributed by atoms with E-state index in [-0.39, 0.29) is 36.0 Å². The number of hydrogen-bond acceptors (Lipinski definition) is 8. The summed E-state index contributed by atoms with van der Waals surface area (Å²) in [6.07, 6.45) is 3.67. The molecule has 0 radical (unpaired) electrons. The van der Waals surface area contributed by atoms with Crippen LogP contribution in [-0.2, 0) is 39.4 Å². The van der Waals surface area contributed by atoms with Gasteiger partial charge in [0.15, 0.2) is 5.60 Å². The molecule has 1 N–H and O–H groups in total. The second-order valence-electron chi connectivity index (χ2n) is 15.7. The molecule has 0 aliphatic carbocycles. The second-order valence-corrected chi connectivity index (χ2v) is 21.3. The molecule has 8 rings (SSSR count). The largest absolute Gasteiger partial charge is 0.497 e. The number of carbonyl (C=O) groups excluding carboxylic acids is 2. The van der Waals surface area contributed by atoms with Crippen LogP contribution in [0.15, 0.2) is 113 Å². The van der Waals surface area contributed by atoms with Crippen molar-refractivity contribution >= 4 is 58.1 Å². The molecule has 1 spiro atoms. The molecular weight excluding hydrogens is 801 g/mol. The third kappa shape index (κ3) is 7.15. The number of benzene rings is 4. The first-order valence-electron chi connectivity index (χ1n) is 19.5. The van der Waals surface area contributed by atoms with Crippen LogP contribution in [0.5, 0.6) is 5.75 Å². The van der Waals surface area contributed by atoms with Crippen LogP contribution < -0.4 is 19.8 Å². The quantitative estimate of drug-likeness (QED) is 0.135. The van der Waals surface area contributed by atoms with Gasteiger partial charge >= 0.3 is 0 Å². The highest BCUT2D eigenvalue weighted by molar-refractivity contribution is 9.10. The van der Waals surface area contributed by atoms with Crippen LogP contribution in [0.25, 0.3) is 0 Å². The fourth-order valence-corrected chi connectivity index (χ4v) is 13.6. The van der Waals surface area contributed by atoms with Crippen LogP contribution in [0.4, 0.5) is 11.4 Å². The van der Waals surface area contributed by atoms with E-state index in [2.05, 4.69) is 64.5 Å². The molecule has 1 saturated heterocycles. The summed E-state index contributed by atoms with van der Waals surface area (Å²) in [5, 5.41) is 25.5. The maximum Gasteiger partial charge on any atom is 0.264 e. The molecule has 4 heterocycles. The van der Waals surface area contributed by atoms with Gasteiger partial charge < -0.3 is 19.5 Å². The van der Waals surface area contributed by atoms with E-state index in [1.165, 1.54) is 10.2 Å². The summed E-state index contributed by atoms with van der Waals surface area (Å²) in [6, 6.07) is 32.1. The van der Waals surface area contributed by atoms with Crippen molar-refractivity contribution in [2.24, 2.45) is 11.0 Å². The molecule has 1 aromatic heterocycles. The summed E-state index contributed by atoms with van der Waals surface area (Å²) in [7, 11) is -0.673. The maximum absolute atomic E-state index is 15.3. The number of aryl methyl sites for hydroxylation is 1. The van der Waals surface area contributed by atoms with E-state index in [0.717, 1.165) is 44.0 Å². The predicted molar refractivity (Wildman–Crippen MR) is 226 cm³/mol. The van der Waals surface area contributed by atoms with Crippen molar-refractivity contribution < 1.29 is 24.2 Å². The highest BCUT2D eigenvalue weighted by Crippen LogP contribution is 2.60.